The van der Waals surface area contributed by atoms with Gasteiger partial charge in [0, 0.05) is 24.0 Å². The van der Waals surface area contributed by atoms with Crippen molar-refractivity contribution in [3.63, 3.8) is 0 Å². The van der Waals surface area contributed by atoms with Crippen LogP contribution in [0.4, 0.5) is 0 Å². The monoisotopic (exact) mass is 207 g/mol. The van der Waals surface area contributed by atoms with Gasteiger partial charge in [-0.2, -0.15) is 0 Å². The molecule has 0 saturated carbocycles. The summed E-state index contributed by atoms with van der Waals surface area (Å²) in [4.78, 5) is 25.5. The summed E-state index contributed by atoms with van der Waals surface area (Å²) in [5, 5.41) is 9.44. The number of hydrogen-bond acceptors (Lipinski definition) is 5. The molecule has 0 radical (unpaired) electrons. The van der Waals surface area contributed by atoms with Gasteiger partial charge >= 0.3 is 5.97 Å². The number of rotatable bonds is 3. The number of aliphatic hydroxyl groups excluding tert-OH is 1. The highest BCUT2D eigenvalue weighted by molar-refractivity contribution is 6.39. The molecular formula is C10H9NO4. The molecule has 0 aromatic carbocycles. The number of aliphatic hydroxyl groups is 1. The number of esters is 1. The highest BCUT2D eigenvalue weighted by Gasteiger charge is 2.12. The number of pyridine rings is 1. The quantitative estimate of drug-likeness (QED) is 0.342. The van der Waals surface area contributed by atoms with Crippen LogP contribution in [0.3, 0.4) is 0 Å². The number of ether oxygens (including phenoxy) is 1. The smallest absolute Gasteiger partial charge is 0.378 e. The number of carbonyl (C=O) groups excluding carboxylic acids is 2. The minimum absolute atomic E-state index is 0.298. The van der Waals surface area contributed by atoms with E-state index in [-0.39, 0.29) is 5.76 Å². The third-order valence-electron chi connectivity index (χ3n) is 1.63. The average molecular weight is 207 g/mol. The van der Waals surface area contributed by atoms with E-state index in [1.165, 1.54) is 24.5 Å². The summed E-state index contributed by atoms with van der Waals surface area (Å²) in [5.41, 5.74) is 0.405. The van der Waals surface area contributed by atoms with Crippen LogP contribution < -0.4 is 0 Å². The van der Waals surface area contributed by atoms with Gasteiger partial charge < -0.3 is 9.84 Å². The van der Waals surface area contributed by atoms with Crippen molar-refractivity contribution in [1.82, 2.24) is 4.98 Å². The third kappa shape index (κ3) is 2.91. The van der Waals surface area contributed by atoms with Crippen LogP contribution in [0.5, 0.6) is 0 Å². The molecule has 0 saturated heterocycles. The fourth-order valence-corrected chi connectivity index (χ4v) is 0.890. The molecule has 78 valence electrons. The van der Waals surface area contributed by atoms with Gasteiger partial charge in [-0.3, -0.25) is 9.78 Å². The molecule has 5 heteroatoms. The largest absolute Gasteiger partial charge is 0.507 e. The summed E-state index contributed by atoms with van der Waals surface area (Å²) >= 11 is 0. The Labute approximate surface area is 86.0 Å². The van der Waals surface area contributed by atoms with E-state index in [1.807, 2.05) is 0 Å². The molecule has 1 aromatic heterocycles. The number of aromatic nitrogens is 1. The lowest BCUT2D eigenvalue weighted by Gasteiger charge is -1.98. The maximum absolute atomic E-state index is 11.0. The fourth-order valence-electron chi connectivity index (χ4n) is 0.890. The summed E-state index contributed by atoms with van der Waals surface area (Å²) < 4.78 is 4.19. The van der Waals surface area contributed by atoms with Gasteiger partial charge in [-0.25, -0.2) is 4.79 Å². The topological polar surface area (TPSA) is 76.5 Å². The van der Waals surface area contributed by atoms with Crippen molar-refractivity contribution >= 4 is 17.5 Å². The van der Waals surface area contributed by atoms with Crippen LogP contribution >= 0.6 is 0 Å². The molecular weight excluding hydrogens is 198 g/mol. The molecule has 1 N–H and O–H groups in total. The third-order valence-corrected chi connectivity index (χ3v) is 1.63. The van der Waals surface area contributed by atoms with E-state index in [1.54, 1.807) is 0 Å². The van der Waals surface area contributed by atoms with Crippen LogP contribution in [-0.4, -0.2) is 29.0 Å². The molecule has 0 spiro atoms. The molecule has 0 fully saturated rings. The fraction of sp³-hybridized carbons (Fsp3) is 0.100. The highest BCUT2D eigenvalue weighted by atomic mass is 16.5. The van der Waals surface area contributed by atoms with E-state index < -0.39 is 11.8 Å². The average Bonchev–Trinajstić information content (AvgIpc) is 2.29. The number of methoxy groups -OCH3 is 1. The van der Waals surface area contributed by atoms with Crippen molar-refractivity contribution in [2.75, 3.05) is 7.11 Å². The molecule has 5 nitrogen and oxygen atoms in total. The maximum atomic E-state index is 11.0. The van der Waals surface area contributed by atoms with E-state index in [9.17, 15) is 14.7 Å². The molecule has 0 amide bonds. The zero-order valence-corrected chi connectivity index (χ0v) is 8.01. The van der Waals surface area contributed by atoms with Gasteiger partial charge in [0.15, 0.2) is 0 Å². The molecule has 1 rings (SSSR count). The second-order valence-electron chi connectivity index (χ2n) is 2.62. The van der Waals surface area contributed by atoms with E-state index >= 15 is 0 Å². The lowest BCUT2D eigenvalue weighted by atomic mass is 10.2. The Morgan fingerprint density at radius 2 is 2.00 bits per heavy atom. The van der Waals surface area contributed by atoms with Crippen molar-refractivity contribution in [2.45, 2.75) is 0 Å². The first kappa shape index (κ1) is 10.9. The zero-order chi connectivity index (χ0) is 11.3. The van der Waals surface area contributed by atoms with Gasteiger partial charge in [0.25, 0.3) is 5.78 Å². The highest BCUT2D eigenvalue weighted by Crippen LogP contribution is 2.08. The second-order valence-corrected chi connectivity index (χ2v) is 2.62. The van der Waals surface area contributed by atoms with E-state index in [4.69, 9.17) is 0 Å². The number of nitrogens with zero attached hydrogens (tertiary/aromatic N) is 1. The number of carbonyl (C=O) groups is 2. The first-order valence-corrected chi connectivity index (χ1v) is 4.08. The Balaban J connectivity index is 2.86. The van der Waals surface area contributed by atoms with Crippen LogP contribution in [0.1, 0.15) is 5.56 Å². The van der Waals surface area contributed by atoms with Crippen molar-refractivity contribution in [1.29, 1.82) is 0 Å². The van der Waals surface area contributed by atoms with Gasteiger partial charge in [0.1, 0.15) is 5.76 Å². The van der Waals surface area contributed by atoms with E-state index in [0.29, 0.717) is 5.56 Å². The maximum Gasteiger partial charge on any atom is 0.378 e. The molecule has 0 atom stereocenters. The molecule has 1 heterocycles. The number of ketones is 1. The SMILES string of the molecule is COC(=O)C(=O)/C=C(\O)c1ccncc1. The van der Waals surface area contributed by atoms with Crippen molar-refractivity contribution in [3.05, 3.63) is 36.2 Å². The summed E-state index contributed by atoms with van der Waals surface area (Å²) in [6.07, 6.45) is 3.73. The lowest BCUT2D eigenvalue weighted by molar-refractivity contribution is -0.149. The van der Waals surface area contributed by atoms with Crippen LogP contribution in [0.15, 0.2) is 30.6 Å². The van der Waals surface area contributed by atoms with Crippen LogP contribution in [-0.2, 0) is 14.3 Å². The molecule has 1 aromatic rings. The Morgan fingerprint density at radius 3 is 2.53 bits per heavy atom. The standard InChI is InChI=1S/C10H9NO4/c1-15-10(14)9(13)6-8(12)7-2-4-11-5-3-7/h2-6,12H,1H3/b8-6-. The van der Waals surface area contributed by atoms with Crippen LogP contribution in [0.2, 0.25) is 0 Å². The summed E-state index contributed by atoms with van der Waals surface area (Å²) in [6.45, 7) is 0. The molecule has 0 aliphatic heterocycles. The van der Waals surface area contributed by atoms with E-state index in [2.05, 4.69) is 9.72 Å². The van der Waals surface area contributed by atoms with Gasteiger partial charge in [0.2, 0.25) is 0 Å². The van der Waals surface area contributed by atoms with Crippen molar-refractivity contribution in [2.24, 2.45) is 0 Å². The molecule has 0 bridgehead atoms. The Hall–Kier alpha value is -2.17. The van der Waals surface area contributed by atoms with Crippen LogP contribution in [0.25, 0.3) is 5.76 Å². The first-order chi connectivity index (χ1) is 7.15. The summed E-state index contributed by atoms with van der Waals surface area (Å²) in [6, 6.07) is 3.02. The molecule has 0 aliphatic rings. The Morgan fingerprint density at radius 1 is 1.40 bits per heavy atom. The van der Waals surface area contributed by atoms with Gasteiger partial charge in [-0.1, -0.05) is 0 Å². The lowest BCUT2D eigenvalue weighted by Crippen LogP contribution is -2.13. The zero-order valence-electron chi connectivity index (χ0n) is 8.01. The molecule has 15 heavy (non-hydrogen) atoms. The number of hydrogen-bond donors (Lipinski definition) is 1. The normalized spacial score (nSPS) is 10.9. The minimum atomic E-state index is -1.02. The van der Waals surface area contributed by atoms with E-state index in [0.717, 1.165) is 13.2 Å². The summed E-state index contributed by atoms with van der Waals surface area (Å²) in [5.74, 6) is -2.23. The Kier molecular flexibility index (Phi) is 3.56. The predicted molar refractivity (Wildman–Crippen MR) is 51.9 cm³/mol. The van der Waals surface area contributed by atoms with Gasteiger partial charge in [-0.15, -0.1) is 0 Å². The molecule has 0 aliphatic carbocycles. The first-order valence-electron chi connectivity index (χ1n) is 4.08. The van der Waals surface area contributed by atoms with Crippen molar-refractivity contribution in [3.8, 4) is 0 Å². The van der Waals surface area contributed by atoms with Crippen molar-refractivity contribution < 1.29 is 19.4 Å². The molecule has 0 unspecified atom stereocenters. The van der Waals surface area contributed by atoms with Gasteiger partial charge in [0.05, 0.1) is 7.11 Å². The second kappa shape index (κ2) is 4.90. The minimum Gasteiger partial charge on any atom is -0.507 e. The predicted octanol–water partition coefficient (Wildman–Crippen LogP) is 0.723. The Bertz CT molecular complexity index is 397. The van der Waals surface area contributed by atoms with Gasteiger partial charge in [-0.05, 0) is 12.1 Å². The van der Waals surface area contributed by atoms with Crippen LogP contribution in [0, 0.1) is 0 Å². The summed E-state index contributed by atoms with van der Waals surface area (Å²) in [7, 11) is 1.09.